The van der Waals surface area contributed by atoms with E-state index >= 15 is 0 Å². The number of aromatic nitrogens is 1. The number of hydrogen-bond acceptors (Lipinski definition) is 5. The van der Waals surface area contributed by atoms with Crippen molar-refractivity contribution in [3.8, 4) is 22.6 Å². The highest BCUT2D eigenvalue weighted by molar-refractivity contribution is 5.97. The van der Waals surface area contributed by atoms with Gasteiger partial charge < -0.3 is 20.8 Å². The summed E-state index contributed by atoms with van der Waals surface area (Å²) in [6.45, 7) is 2.34. The molecule has 0 spiro atoms. The smallest absolute Gasteiger partial charge is 0.274 e. The Morgan fingerprint density at radius 3 is 2.52 bits per heavy atom. The Morgan fingerprint density at radius 2 is 1.83 bits per heavy atom. The van der Waals surface area contributed by atoms with Gasteiger partial charge >= 0.3 is 0 Å². The fourth-order valence-electron chi connectivity index (χ4n) is 2.83. The lowest BCUT2D eigenvalue weighted by atomic mass is 9.99. The average Bonchev–Trinajstić information content (AvgIpc) is 2.68. The summed E-state index contributed by atoms with van der Waals surface area (Å²) in [7, 11) is 1.56. The molecule has 0 atom stereocenters. The van der Waals surface area contributed by atoms with E-state index in [-0.39, 0.29) is 22.7 Å². The molecule has 8 heteroatoms. The van der Waals surface area contributed by atoms with Crippen LogP contribution in [0, 0.1) is 11.6 Å². The molecule has 0 aliphatic heterocycles. The van der Waals surface area contributed by atoms with Gasteiger partial charge in [0.05, 0.1) is 0 Å². The van der Waals surface area contributed by atoms with E-state index in [1.165, 1.54) is 16.8 Å². The first-order valence-corrected chi connectivity index (χ1v) is 8.83. The standard InChI is InChI=1S/C21H20F2N4O2/c1-3-26-10-15-16(11-27(2)21(28)20(15)25)14-9-13(24)5-7-18(14)29-19-6-4-12(22)8-17(19)23/h4-11H,3,24-25H2,1-2H3. The summed E-state index contributed by atoms with van der Waals surface area (Å²) < 4.78 is 34.3. The van der Waals surface area contributed by atoms with Crippen LogP contribution in [0.3, 0.4) is 0 Å². The van der Waals surface area contributed by atoms with Gasteiger partial charge in [0, 0.05) is 54.4 Å². The number of pyridine rings is 1. The Morgan fingerprint density at radius 1 is 1.10 bits per heavy atom. The third-order valence-corrected chi connectivity index (χ3v) is 4.26. The van der Waals surface area contributed by atoms with Crippen molar-refractivity contribution in [1.82, 2.24) is 4.57 Å². The minimum absolute atomic E-state index is 0.0172. The van der Waals surface area contributed by atoms with Gasteiger partial charge in [-0.15, -0.1) is 0 Å². The SMILES string of the molecule is CCN=Cc1c(-c2cc(N)ccc2Oc2ccc(F)cc2F)cn(C)c(=O)c1N. The lowest BCUT2D eigenvalue weighted by Gasteiger charge is -2.16. The van der Waals surface area contributed by atoms with E-state index in [0.717, 1.165) is 12.1 Å². The zero-order chi connectivity index (χ0) is 21.1. The summed E-state index contributed by atoms with van der Waals surface area (Å²) in [5, 5.41) is 0. The lowest BCUT2D eigenvalue weighted by Crippen LogP contribution is -2.22. The molecule has 0 aliphatic carbocycles. The highest BCUT2D eigenvalue weighted by Crippen LogP contribution is 2.37. The van der Waals surface area contributed by atoms with E-state index in [4.69, 9.17) is 16.2 Å². The first-order chi connectivity index (χ1) is 13.8. The van der Waals surface area contributed by atoms with Gasteiger partial charge in [0.15, 0.2) is 11.6 Å². The first kappa shape index (κ1) is 20.1. The fraction of sp³-hybridized carbons (Fsp3) is 0.143. The molecular formula is C21H20F2N4O2. The van der Waals surface area contributed by atoms with Gasteiger partial charge in [-0.1, -0.05) is 0 Å². The van der Waals surface area contributed by atoms with Gasteiger partial charge in [-0.25, -0.2) is 8.78 Å². The number of benzene rings is 2. The number of ether oxygens (including phenoxy) is 1. The van der Waals surface area contributed by atoms with E-state index in [2.05, 4.69) is 4.99 Å². The van der Waals surface area contributed by atoms with Crippen molar-refractivity contribution in [1.29, 1.82) is 0 Å². The van der Waals surface area contributed by atoms with Crippen LogP contribution in [0.5, 0.6) is 11.5 Å². The van der Waals surface area contributed by atoms with Crippen LogP contribution in [0.15, 0.2) is 52.4 Å². The highest BCUT2D eigenvalue weighted by Gasteiger charge is 2.18. The van der Waals surface area contributed by atoms with Crippen molar-refractivity contribution in [2.45, 2.75) is 6.92 Å². The van der Waals surface area contributed by atoms with Crippen LogP contribution in [0.25, 0.3) is 11.1 Å². The van der Waals surface area contributed by atoms with Crippen LogP contribution in [0.2, 0.25) is 0 Å². The topological polar surface area (TPSA) is 95.6 Å². The molecule has 0 bridgehead atoms. The van der Waals surface area contributed by atoms with Crippen LogP contribution in [0.1, 0.15) is 12.5 Å². The van der Waals surface area contributed by atoms with Crippen LogP contribution < -0.4 is 21.8 Å². The number of nitrogens with zero attached hydrogens (tertiary/aromatic N) is 2. The van der Waals surface area contributed by atoms with E-state index in [9.17, 15) is 13.6 Å². The Kier molecular flexibility index (Phi) is 5.63. The number of anilines is 2. The molecule has 0 saturated carbocycles. The van der Waals surface area contributed by atoms with E-state index < -0.39 is 11.6 Å². The molecule has 4 N–H and O–H groups in total. The van der Waals surface area contributed by atoms with Gasteiger partial charge in [0.1, 0.15) is 17.3 Å². The molecule has 0 amide bonds. The number of nitrogen functional groups attached to an aromatic ring is 2. The molecule has 1 aromatic heterocycles. The predicted octanol–water partition coefficient (Wildman–Crippen LogP) is 3.73. The molecule has 0 fully saturated rings. The number of aryl methyl sites for hydroxylation is 1. The Hall–Kier alpha value is -3.68. The molecule has 3 rings (SSSR count). The predicted molar refractivity (Wildman–Crippen MR) is 111 cm³/mol. The molecule has 0 radical (unpaired) electrons. The number of hydrogen-bond donors (Lipinski definition) is 2. The van der Waals surface area contributed by atoms with Crippen molar-refractivity contribution in [2.75, 3.05) is 18.0 Å². The molecular weight excluding hydrogens is 378 g/mol. The number of aliphatic imine (C=N–C) groups is 1. The maximum Gasteiger partial charge on any atom is 0.274 e. The summed E-state index contributed by atoms with van der Waals surface area (Å²) in [5.74, 6) is -1.45. The third-order valence-electron chi connectivity index (χ3n) is 4.26. The summed E-state index contributed by atoms with van der Waals surface area (Å²) >= 11 is 0. The Labute approximate surface area is 166 Å². The van der Waals surface area contributed by atoms with Crippen LogP contribution >= 0.6 is 0 Å². The summed E-state index contributed by atoms with van der Waals surface area (Å²) in [4.78, 5) is 16.5. The van der Waals surface area contributed by atoms with E-state index in [0.29, 0.717) is 28.9 Å². The summed E-state index contributed by atoms with van der Waals surface area (Å²) in [6.07, 6.45) is 3.09. The Balaban J connectivity index is 2.23. The van der Waals surface area contributed by atoms with Gasteiger partial charge in [0.2, 0.25) is 0 Å². The van der Waals surface area contributed by atoms with Crippen LogP contribution in [-0.4, -0.2) is 17.3 Å². The highest BCUT2D eigenvalue weighted by atomic mass is 19.1. The molecule has 3 aromatic rings. The van der Waals surface area contributed by atoms with Crippen LogP contribution in [-0.2, 0) is 7.05 Å². The van der Waals surface area contributed by atoms with Crippen molar-refractivity contribution in [3.63, 3.8) is 0 Å². The molecule has 2 aromatic carbocycles. The largest absolute Gasteiger partial charge is 0.454 e. The molecule has 29 heavy (non-hydrogen) atoms. The fourth-order valence-corrected chi connectivity index (χ4v) is 2.83. The van der Waals surface area contributed by atoms with Gasteiger partial charge in [-0.05, 0) is 37.3 Å². The van der Waals surface area contributed by atoms with E-state index in [1.54, 1.807) is 31.4 Å². The monoisotopic (exact) mass is 398 g/mol. The van der Waals surface area contributed by atoms with Gasteiger partial charge in [-0.3, -0.25) is 9.79 Å². The number of rotatable bonds is 5. The van der Waals surface area contributed by atoms with Crippen LogP contribution in [0.4, 0.5) is 20.2 Å². The lowest BCUT2D eigenvalue weighted by molar-refractivity contribution is 0.439. The van der Waals surface area contributed by atoms with Crippen molar-refractivity contribution in [3.05, 3.63) is 70.1 Å². The number of halogens is 2. The van der Waals surface area contributed by atoms with Crippen molar-refractivity contribution >= 4 is 17.6 Å². The zero-order valence-corrected chi connectivity index (χ0v) is 15.9. The minimum atomic E-state index is -0.847. The maximum atomic E-state index is 14.1. The minimum Gasteiger partial charge on any atom is -0.454 e. The molecule has 0 saturated heterocycles. The van der Waals surface area contributed by atoms with Gasteiger partial charge in [-0.2, -0.15) is 0 Å². The van der Waals surface area contributed by atoms with Gasteiger partial charge in [0.25, 0.3) is 5.56 Å². The van der Waals surface area contributed by atoms with E-state index in [1.807, 2.05) is 6.92 Å². The Bertz CT molecular complexity index is 1160. The molecule has 0 unspecified atom stereocenters. The molecule has 6 nitrogen and oxygen atoms in total. The second-order valence-electron chi connectivity index (χ2n) is 6.35. The average molecular weight is 398 g/mol. The van der Waals surface area contributed by atoms with Crippen molar-refractivity contribution < 1.29 is 13.5 Å². The summed E-state index contributed by atoms with van der Waals surface area (Å²) in [5.41, 5.74) is 13.5. The summed E-state index contributed by atoms with van der Waals surface area (Å²) in [6, 6.07) is 7.80. The first-order valence-electron chi connectivity index (χ1n) is 8.83. The normalized spacial score (nSPS) is 11.2. The number of nitrogens with two attached hydrogens (primary N) is 2. The molecule has 1 heterocycles. The second-order valence-corrected chi connectivity index (χ2v) is 6.35. The molecule has 0 aliphatic rings. The van der Waals surface area contributed by atoms with Crippen molar-refractivity contribution in [2.24, 2.45) is 12.0 Å². The third kappa shape index (κ3) is 4.11. The second kappa shape index (κ2) is 8.14. The quantitative estimate of drug-likeness (QED) is 0.506. The zero-order valence-electron chi connectivity index (χ0n) is 15.9. The molecule has 150 valence electrons. The maximum absolute atomic E-state index is 14.1.